The first kappa shape index (κ1) is 6.68. The Bertz CT molecular complexity index is 118. The summed E-state index contributed by atoms with van der Waals surface area (Å²) in [4.78, 5) is 0. The van der Waals surface area contributed by atoms with Gasteiger partial charge in [-0.25, -0.2) is 0 Å². The van der Waals surface area contributed by atoms with Gasteiger partial charge >= 0.3 is 0 Å². The fraction of sp³-hybridized carbons (Fsp3) is 0.778. The van der Waals surface area contributed by atoms with E-state index in [9.17, 15) is 0 Å². The van der Waals surface area contributed by atoms with Crippen molar-refractivity contribution in [3.63, 3.8) is 0 Å². The van der Waals surface area contributed by atoms with Gasteiger partial charge in [0.15, 0.2) is 0 Å². The Morgan fingerprint density at radius 3 is 2.78 bits per heavy atom. The molecule has 0 aromatic rings. The molecule has 2 atom stereocenters. The van der Waals surface area contributed by atoms with Crippen LogP contribution in [0.4, 0.5) is 0 Å². The Morgan fingerprint density at radius 2 is 2.33 bits per heavy atom. The summed E-state index contributed by atoms with van der Waals surface area (Å²) in [6, 6.07) is 0. The highest BCUT2D eigenvalue weighted by atomic mass is 14.4. The van der Waals surface area contributed by atoms with Gasteiger partial charge in [-0.2, -0.15) is 0 Å². The molecule has 0 amide bonds. The Morgan fingerprint density at radius 1 is 1.67 bits per heavy atom. The largest absolute Gasteiger partial charge is 0.120 e. The van der Waals surface area contributed by atoms with E-state index >= 15 is 0 Å². The zero-order valence-electron chi connectivity index (χ0n) is 6.06. The molecule has 0 heterocycles. The Labute approximate surface area is 57.7 Å². The van der Waals surface area contributed by atoms with Crippen LogP contribution in [0.3, 0.4) is 0 Å². The summed E-state index contributed by atoms with van der Waals surface area (Å²) >= 11 is 0. The van der Waals surface area contributed by atoms with Crippen molar-refractivity contribution in [2.75, 3.05) is 0 Å². The molecule has 0 heteroatoms. The summed E-state index contributed by atoms with van der Waals surface area (Å²) in [5, 5.41) is 0. The molecule has 50 valence electrons. The monoisotopic (exact) mass is 122 g/mol. The maximum absolute atomic E-state index is 5.12. The van der Waals surface area contributed by atoms with Crippen LogP contribution in [0.5, 0.6) is 0 Å². The SMILES string of the molecule is C#CCCC[C@@H]1C[C@H]1C. The third-order valence-corrected chi connectivity index (χ3v) is 2.17. The molecule has 1 aliphatic rings. The summed E-state index contributed by atoms with van der Waals surface area (Å²) in [5.74, 6) is 4.69. The fourth-order valence-corrected chi connectivity index (χ4v) is 1.27. The van der Waals surface area contributed by atoms with Crippen LogP contribution in [0, 0.1) is 24.2 Å². The van der Waals surface area contributed by atoms with Gasteiger partial charge in [-0.1, -0.05) is 6.92 Å². The van der Waals surface area contributed by atoms with E-state index in [0.29, 0.717) is 0 Å². The van der Waals surface area contributed by atoms with Crippen LogP contribution in [-0.2, 0) is 0 Å². The standard InChI is InChI=1S/C9H14/c1-3-4-5-6-9-7-8(9)2/h1,8-9H,4-7H2,2H3/t8-,9-/m1/s1. The molecule has 0 bridgehead atoms. The number of hydrogen-bond donors (Lipinski definition) is 0. The van der Waals surface area contributed by atoms with Crippen LogP contribution in [0.25, 0.3) is 0 Å². The first-order chi connectivity index (χ1) is 4.34. The van der Waals surface area contributed by atoms with E-state index < -0.39 is 0 Å². The van der Waals surface area contributed by atoms with Gasteiger partial charge in [0.2, 0.25) is 0 Å². The van der Waals surface area contributed by atoms with Gasteiger partial charge in [0.05, 0.1) is 0 Å². The predicted molar refractivity (Wildman–Crippen MR) is 40.0 cm³/mol. The minimum Gasteiger partial charge on any atom is -0.120 e. The molecule has 0 spiro atoms. The topological polar surface area (TPSA) is 0 Å². The fourth-order valence-electron chi connectivity index (χ4n) is 1.27. The number of rotatable bonds is 3. The molecule has 0 unspecified atom stereocenters. The second-order valence-corrected chi connectivity index (χ2v) is 3.07. The number of unbranched alkanes of at least 4 members (excludes halogenated alkanes) is 1. The van der Waals surface area contributed by atoms with Gasteiger partial charge in [0.1, 0.15) is 0 Å². The van der Waals surface area contributed by atoms with Crippen molar-refractivity contribution in [3.05, 3.63) is 0 Å². The first-order valence-electron chi connectivity index (χ1n) is 3.78. The second-order valence-electron chi connectivity index (χ2n) is 3.07. The van der Waals surface area contributed by atoms with E-state index in [1.165, 1.54) is 19.3 Å². The van der Waals surface area contributed by atoms with Crippen molar-refractivity contribution < 1.29 is 0 Å². The van der Waals surface area contributed by atoms with Crippen LogP contribution in [0.1, 0.15) is 32.6 Å². The van der Waals surface area contributed by atoms with Crippen LogP contribution in [0.15, 0.2) is 0 Å². The smallest absolute Gasteiger partial charge is 0.00861 e. The Balaban J connectivity index is 1.90. The number of hydrogen-bond acceptors (Lipinski definition) is 0. The van der Waals surface area contributed by atoms with E-state index in [1.54, 1.807) is 0 Å². The van der Waals surface area contributed by atoms with E-state index in [2.05, 4.69) is 12.8 Å². The molecule has 0 saturated heterocycles. The van der Waals surface area contributed by atoms with Crippen LogP contribution in [0.2, 0.25) is 0 Å². The molecule has 1 saturated carbocycles. The zero-order valence-corrected chi connectivity index (χ0v) is 6.06. The van der Waals surface area contributed by atoms with Gasteiger partial charge in [0.25, 0.3) is 0 Å². The van der Waals surface area contributed by atoms with Crippen molar-refractivity contribution in [1.82, 2.24) is 0 Å². The lowest BCUT2D eigenvalue weighted by Crippen LogP contribution is -1.78. The molecular weight excluding hydrogens is 108 g/mol. The highest BCUT2D eigenvalue weighted by Crippen LogP contribution is 2.41. The van der Waals surface area contributed by atoms with Crippen molar-refractivity contribution in [1.29, 1.82) is 0 Å². The molecule has 1 rings (SSSR count). The molecule has 0 radical (unpaired) electrons. The first-order valence-corrected chi connectivity index (χ1v) is 3.78. The zero-order chi connectivity index (χ0) is 6.69. The maximum Gasteiger partial charge on any atom is 0.00861 e. The molecular formula is C9H14. The molecule has 0 aliphatic heterocycles. The summed E-state index contributed by atoms with van der Waals surface area (Å²) in [6.07, 6.45) is 10.2. The molecule has 0 aromatic carbocycles. The average molecular weight is 122 g/mol. The summed E-state index contributed by atoms with van der Waals surface area (Å²) in [6.45, 7) is 2.32. The third kappa shape index (κ3) is 2.10. The van der Waals surface area contributed by atoms with Crippen molar-refractivity contribution >= 4 is 0 Å². The lowest BCUT2D eigenvalue weighted by molar-refractivity contribution is 0.640. The summed E-state index contributed by atoms with van der Waals surface area (Å²) in [5.41, 5.74) is 0. The summed E-state index contributed by atoms with van der Waals surface area (Å²) in [7, 11) is 0. The van der Waals surface area contributed by atoms with Crippen molar-refractivity contribution in [3.8, 4) is 12.3 Å². The average Bonchev–Trinajstić information content (AvgIpc) is 2.48. The highest BCUT2D eigenvalue weighted by Gasteiger charge is 2.30. The highest BCUT2D eigenvalue weighted by molar-refractivity contribution is 4.86. The van der Waals surface area contributed by atoms with Crippen molar-refractivity contribution in [2.45, 2.75) is 32.6 Å². The van der Waals surface area contributed by atoms with Crippen LogP contribution >= 0.6 is 0 Å². The van der Waals surface area contributed by atoms with Gasteiger partial charge < -0.3 is 0 Å². The lowest BCUT2D eigenvalue weighted by Gasteiger charge is -1.91. The molecule has 1 fully saturated rings. The predicted octanol–water partition coefficient (Wildman–Crippen LogP) is 2.45. The van der Waals surface area contributed by atoms with Crippen LogP contribution < -0.4 is 0 Å². The molecule has 0 aromatic heterocycles. The molecule has 9 heavy (non-hydrogen) atoms. The molecule has 0 N–H and O–H groups in total. The number of terminal acetylenes is 1. The van der Waals surface area contributed by atoms with Gasteiger partial charge in [-0.15, -0.1) is 12.3 Å². The maximum atomic E-state index is 5.12. The van der Waals surface area contributed by atoms with Gasteiger partial charge in [0, 0.05) is 6.42 Å². The van der Waals surface area contributed by atoms with E-state index in [1.807, 2.05) is 0 Å². The van der Waals surface area contributed by atoms with E-state index in [-0.39, 0.29) is 0 Å². The lowest BCUT2D eigenvalue weighted by atomic mass is 10.1. The van der Waals surface area contributed by atoms with E-state index in [0.717, 1.165) is 18.3 Å². The summed E-state index contributed by atoms with van der Waals surface area (Å²) < 4.78 is 0. The Hall–Kier alpha value is -0.440. The molecule has 1 aliphatic carbocycles. The minimum atomic E-state index is 0.975. The quantitative estimate of drug-likeness (QED) is 0.398. The molecule has 0 nitrogen and oxygen atoms in total. The van der Waals surface area contributed by atoms with Crippen molar-refractivity contribution in [2.24, 2.45) is 11.8 Å². The Kier molecular flexibility index (Phi) is 2.16. The van der Waals surface area contributed by atoms with Gasteiger partial charge in [-0.05, 0) is 31.1 Å². The minimum absolute atomic E-state index is 0.975. The normalized spacial score (nSPS) is 31.6. The van der Waals surface area contributed by atoms with Gasteiger partial charge in [-0.3, -0.25) is 0 Å². The van der Waals surface area contributed by atoms with Crippen LogP contribution in [-0.4, -0.2) is 0 Å². The third-order valence-electron chi connectivity index (χ3n) is 2.17. The van der Waals surface area contributed by atoms with E-state index in [4.69, 9.17) is 6.42 Å². The second kappa shape index (κ2) is 2.92.